The Bertz CT molecular complexity index is 1050. The summed E-state index contributed by atoms with van der Waals surface area (Å²) in [5, 5.41) is 9.79. The zero-order valence-electron chi connectivity index (χ0n) is 16.4. The molecule has 0 fully saturated rings. The smallest absolute Gasteiger partial charge is 0.233 e. The summed E-state index contributed by atoms with van der Waals surface area (Å²) in [6.45, 7) is 1.27. The van der Waals surface area contributed by atoms with Crippen LogP contribution in [0.3, 0.4) is 0 Å². The number of amides is 1. The molecule has 0 atom stereocenters. The zero-order chi connectivity index (χ0) is 20.6. The Hall–Kier alpha value is -2.90. The van der Waals surface area contributed by atoms with Crippen LogP contribution in [0.15, 0.2) is 83.3 Å². The van der Waals surface area contributed by atoms with Crippen molar-refractivity contribution < 1.29 is 4.79 Å². The molecule has 0 aliphatic heterocycles. The molecule has 0 unspecified atom stereocenters. The molecule has 1 amide bonds. The van der Waals surface area contributed by atoms with Crippen molar-refractivity contribution in [1.82, 2.24) is 20.1 Å². The number of rotatable bonds is 9. The molecule has 7 heteroatoms. The van der Waals surface area contributed by atoms with E-state index < -0.39 is 0 Å². The van der Waals surface area contributed by atoms with Gasteiger partial charge >= 0.3 is 0 Å². The monoisotopic (exact) mass is 434 g/mol. The van der Waals surface area contributed by atoms with Crippen LogP contribution < -0.4 is 0 Å². The standard InChI is InChI=1S/C23H22N4OS2/c28-21(17-30-23-24-22(25-26-23)20-12-7-15-29-20)27(16-19-10-5-2-6-11-19)14-13-18-8-3-1-4-9-18/h1-12,15H,13-14,16-17H2,(H,24,25,26). The predicted molar refractivity (Wildman–Crippen MR) is 122 cm³/mol. The first-order chi connectivity index (χ1) is 14.8. The second-order valence-corrected chi connectivity index (χ2v) is 8.66. The lowest BCUT2D eigenvalue weighted by Gasteiger charge is -2.23. The van der Waals surface area contributed by atoms with Crippen molar-refractivity contribution in [3.8, 4) is 10.7 Å². The highest BCUT2D eigenvalue weighted by atomic mass is 32.2. The van der Waals surface area contributed by atoms with Crippen LogP contribution in [-0.4, -0.2) is 38.3 Å². The van der Waals surface area contributed by atoms with Gasteiger partial charge in [-0.2, -0.15) is 0 Å². The molecule has 5 nitrogen and oxygen atoms in total. The highest BCUT2D eigenvalue weighted by Gasteiger charge is 2.16. The second kappa shape index (κ2) is 10.2. The minimum Gasteiger partial charge on any atom is -0.337 e. The molecule has 2 aromatic heterocycles. The van der Waals surface area contributed by atoms with Gasteiger partial charge in [0.1, 0.15) is 0 Å². The van der Waals surface area contributed by atoms with Crippen LogP contribution in [0.5, 0.6) is 0 Å². The summed E-state index contributed by atoms with van der Waals surface area (Å²) >= 11 is 2.97. The van der Waals surface area contributed by atoms with Crippen molar-refractivity contribution in [3.63, 3.8) is 0 Å². The average molecular weight is 435 g/mol. The van der Waals surface area contributed by atoms with Gasteiger partial charge in [0.15, 0.2) is 5.82 Å². The number of benzene rings is 2. The van der Waals surface area contributed by atoms with Crippen molar-refractivity contribution in [2.75, 3.05) is 12.3 Å². The van der Waals surface area contributed by atoms with Gasteiger partial charge in [-0.1, -0.05) is 78.5 Å². The van der Waals surface area contributed by atoms with Crippen LogP contribution in [0, 0.1) is 0 Å². The molecule has 0 bridgehead atoms. The Morgan fingerprint density at radius 2 is 1.70 bits per heavy atom. The lowest BCUT2D eigenvalue weighted by atomic mass is 10.1. The Morgan fingerprint density at radius 1 is 0.967 bits per heavy atom. The fourth-order valence-electron chi connectivity index (χ4n) is 3.06. The van der Waals surface area contributed by atoms with Crippen molar-refractivity contribution in [1.29, 1.82) is 0 Å². The van der Waals surface area contributed by atoms with Crippen molar-refractivity contribution in [2.24, 2.45) is 0 Å². The third kappa shape index (κ3) is 5.58. The Labute approximate surface area is 184 Å². The van der Waals surface area contributed by atoms with Crippen LogP contribution in [0.2, 0.25) is 0 Å². The molecule has 152 valence electrons. The molecule has 2 heterocycles. The molecule has 1 N–H and O–H groups in total. The van der Waals surface area contributed by atoms with E-state index in [9.17, 15) is 4.79 Å². The van der Waals surface area contributed by atoms with Crippen LogP contribution in [0.25, 0.3) is 10.7 Å². The van der Waals surface area contributed by atoms with Gasteiger partial charge in [0.05, 0.1) is 10.6 Å². The number of H-pyrrole nitrogens is 1. The molecule has 0 spiro atoms. The SMILES string of the molecule is O=C(CSc1n[nH]c(-c2cccs2)n1)N(CCc1ccccc1)Cc1ccccc1. The summed E-state index contributed by atoms with van der Waals surface area (Å²) in [6, 6.07) is 24.3. The molecule has 30 heavy (non-hydrogen) atoms. The third-order valence-corrected chi connectivity index (χ3v) is 6.34. The number of aromatic nitrogens is 3. The number of hydrogen-bond donors (Lipinski definition) is 1. The van der Waals surface area contributed by atoms with Crippen LogP contribution in [0.1, 0.15) is 11.1 Å². The maximum absolute atomic E-state index is 13.0. The topological polar surface area (TPSA) is 61.9 Å². The van der Waals surface area contributed by atoms with E-state index in [1.165, 1.54) is 17.3 Å². The molecule has 0 saturated carbocycles. The Balaban J connectivity index is 1.39. The number of nitrogens with one attached hydrogen (secondary N) is 1. The van der Waals surface area contributed by atoms with Crippen molar-refractivity contribution in [3.05, 3.63) is 89.3 Å². The molecular formula is C23H22N4OS2. The van der Waals surface area contributed by atoms with E-state index in [2.05, 4.69) is 39.4 Å². The first kappa shape index (κ1) is 20.4. The molecule has 0 saturated heterocycles. The van der Waals surface area contributed by atoms with Gasteiger partial charge in [0.25, 0.3) is 0 Å². The number of nitrogens with zero attached hydrogens (tertiary/aromatic N) is 3. The normalized spacial score (nSPS) is 10.8. The minimum absolute atomic E-state index is 0.0854. The number of thioether (sulfide) groups is 1. The lowest BCUT2D eigenvalue weighted by Crippen LogP contribution is -2.33. The summed E-state index contributed by atoms with van der Waals surface area (Å²) in [7, 11) is 0. The van der Waals surface area contributed by atoms with Gasteiger partial charge in [0, 0.05) is 13.1 Å². The molecule has 0 aliphatic rings. The van der Waals surface area contributed by atoms with Crippen molar-refractivity contribution in [2.45, 2.75) is 18.1 Å². The van der Waals surface area contributed by atoms with Crippen LogP contribution in [-0.2, 0) is 17.8 Å². The van der Waals surface area contributed by atoms with Crippen molar-refractivity contribution >= 4 is 29.0 Å². The zero-order valence-corrected chi connectivity index (χ0v) is 18.0. The first-order valence-corrected chi connectivity index (χ1v) is 11.6. The van der Waals surface area contributed by atoms with Crippen LogP contribution >= 0.6 is 23.1 Å². The average Bonchev–Trinajstić information content (AvgIpc) is 3.48. The largest absolute Gasteiger partial charge is 0.337 e. The Kier molecular flexibility index (Phi) is 6.95. The molecule has 0 aliphatic carbocycles. The van der Waals surface area contributed by atoms with Gasteiger partial charge in [-0.15, -0.1) is 16.4 Å². The van der Waals surface area contributed by atoms with E-state index in [0.717, 1.165) is 22.7 Å². The van der Waals surface area contributed by atoms with E-state index in [0.29, 0.717) is 24.0 Å². The van der Waals surface area contributed by atoms with Gasteiger partial charge < -0.3 is 4.90 Å². The molecular weight excluding hydrogens is 412 g/mol. The second-order valence-electron chi connectivity index (χ2n) is 6.77. The van der Waals surface area contributed by atoms with E-state index in [1.54, 1.807) is 11.3 Å². The summed E-state index contributed by atoms with van der Waals surface area (Å²) in [5.74, 6) is 1.14. The molecule has 2 aromatic carbocycles. The molecule has 4 aromatic rings. The number of carbonyl (C=O) groups excluding carboxylic acids is 1. The number of carbonyl (C=O) groups is 1. The maximum atomic E-state index is 13.0. The number of hydrogen-bond acceptors (Lipinski definition) is 5. The summed E-state index contributed by atoms with van der Waals surface area (Å²) < 4.78 is 0. The third-order valence-electron chi connectivity index (χ3n) is 4.63. The molecule has 0 radical (unpaired) electrons. The minimum atomic E-state index is 0.0854. The summed E-state index contributed by atoms with van der Waals surface area (Å²) in [6.07, 6.45) is 0.827. The van der Waals surface area contributed by atoms with Gasteiger partial charge in [-0.25, -0.2) is 4.98 Å². The lowest BCUT2D eigenvalue weighted by molar-refractivity contribution is -0.128. The van der Waals surface area contributed by atoms with Gasteiger partial charge in [-0.05, 0) is 29.0 Å². The fraction of sp³-hybridized carbons (Fsp3) is 0.174. The maximum Gasteiger partial charge on any atom is 0.233 e. The molecule has 4 rings (SSSR count). The number of thiophene rings is 1. The van der Waals surface area contributed by atoms with E-state index in [4.69, 9.17) is 0 Å². The highest BCUT2D eigenvalue weighted by molar-refractivity contribution is 7.99. The van der Waals surface area contributed by atoms with E-state index in [1.807, 2.05) is 58.8 Å². The Morgan fingerprint density at radius 3 is 2.40 bits per heavy atom. The van der Waals surface area contributed by atoms with Crippen LogP contribution in [0.4, 0.5) is 0 Å². The quantitative estimate of drug-likeness (QED) is 0.381. The van der Waals surface area contributed by atoms with Gasteiger partial charge in [-0.3, -0.25) is 9.89 Å². The fourth-order valence-corrected chi connectivity index (χ4v) is 4.42. The van der Waals surface area contributed by atoms with E-state index >= 15 is 0 Å². The summed E-state index contributed by atoms with van der Waals surface area (Å²) in [4.78, 5) is 20.5. The number of aromatic amines is 1. The van der Waals surface area contributed by atoms with Gasteiger partial charge in [0.2, 0.25) is 11.1 Å². The summed E-state index contributed by atoms with van der Waals surface area (Å²) in [5.41, 5.74) is 2.35. The van der Waals surface area contributed by atoms with E-state index in [-0.39, 0.29) is 5.91 Å². The first-order valence-electron chi connectivity index (χ1n) is 9.72. The predicted octanol–water partition coefficient (Wildman–Crippen LogP) is 4.90. The highest BCUT2D eigenvalue weighted by Crippen LogP contribution is 2.23.